The summed E-state index contributed by atoms with van der Waals surface area (Å²) >= 11 is 1.36. The van der Waals surface area contributed by atoms with Crippen LogP contribution < -0.4 is 0 Å². The Morgan fingerprint density at radius 3 is 1.14 bits per heavy atom. The zero-order valence-electron chi connectivity index (χ0n) is 35.5. The van der Waals surface area contributed by atoms with Gasteiger partial charge in [-0.05, 0) is 88.2 Å². The molecule has 4 heteroatoms. The van der Waals surface area contributed by atoms with Crippen LogP contribution in [-0.2, 0) is 36.2 Å². The summed E-state index contributed by atoms with van der Waals surface area (Å²) in [5, 5.41) is 5.63. The fraction of sp³-hybridized carbons (Fsp3) is 0.385. The van der Waals surface area contributed by atoms with Crippen LogP contribution in [0.15, 0.2) is 97.1 Å². The third kappa shape index (κ3) is 12.4. The number of hydrogen-bond donors (Lipinski definition) is 0. The van der Waals surface area contributed by atoms with Gasteiger partial charge in [0.2, 0.25) is 0 Å². The van der Waals surface area contributed by atoms with Gasteiger partial charge in [-0.3, -0.25) is 0 Å². The van der Waals surface area contributed by atoms with Crippen molar-refractivity contribution in [1.82, 2.24) is 0 Å². The SMILES string of the molecule is Cc1cc(C)cc(-c2cccc3[cH-]c(CC4(C)CCCCC4)cc23)c1.Cc1cc(C)cc(-c2cccc3[cH-]c(CC4(C)CCCCC4)cc23)c1.Cl.Cl.[CH3-].[CH3-].[Si]=[Zr]. The number of halogens is 2. The molecule has 0 nitrogen and oxygen atoms in total. The van der Waals surface area contributed by atoms with Crippen LogP contribution >= 0.6 is 24.8 Å². The Hall–Kier alpha value is -2.22. The van der Waals surface area contributed by atoms with Crippen molar-refractivity contribution >= 4 is 53.2 Å². The van der Waals surface area contributed by atoms with Crippen LogP contribution in [0, 0.1) is 53.4 Å². The summed E-state index contributed by atoms with van der Waals surface area (Å²) in [7, 11) is 0. The molecule has 6 aromatic carbocycles. The molecule has 0 aliphatic heterocycles. The number of fused-ring (bicyclic) bond motifs is 2. The monoisotopic (exact) mass is 878 g/mol. The quantitative estimate of drug-likeness (QED) is 0.115. The molecule has 0 aromatic heterocycles. The second kappa shape index (κ2) is 22.2. The Kier molecular flexibility index (Phi) is 19.8. The minimum absolute atomic E-state index is 0. The van der Waals surface area contributed by atoms with Crippen molar-refractivity contribution in [2.45, 2.75) is 119 Å². The molecule has 0 unspecified atom stereocenters. The van der Waals surface area contributed by atoms with E-state index < -0.39 is 0 Å². The van der Waals surface area contributed by atoms with E-state index in [-0.39, 0.29) is 39.7 Å². The molecule has 300 valence electrons. The summed E-state index contributed by atoms with van der Waals surface area (Å²) in [6, 6.07) is 37.1. The summed E-state index contributed by atoms with van der Waals surface area (Å²) in [4.78, 5) is 0. The Morgan fingerprint density at radius 1 is 0.500 bits per heavy atom. The average Bonchev–Trinajstić information content (AvgIpc) is 3.71. The van der Waals surface area contributed by atoms with E-state index in [1.807, 2.05) is 0 Å². The molecule has 0 N–H and O–H groups in total. The van der Waals surface area contributed by atoms with Crippen molar-refractivity contribution in [1.29, 1.82) is 0 Å². The Bertz CT molecular complexity index is 1930. The van der Waals surface area contributed by atoms with E-state index in [0.717, 1.165) is 0 Å². The number of rotatable bonds is 6. The molecule has 0 bridgehead atoms. The molecule has 2 aliphatic carbocycles. The van der Waals surface area contributed by atoms with Gasteiger partial charge in [-0.25, -0.2) is 0 Å². The summed E-state index contributed by atoms with van der Waals surface area (Å²) in [6.07, 6.45) is 16.5. The van der Waals surface area contributed by atoms with Crippen molar-refractivity contribution in [2.75, 3.05) is 0 Å². The predicted octanol–water partition coefficient (Wildman–Crippen LogP) is 16.1. The second-order valence-corrected chi connectivity index (χ2v) is 17.2. The van der Waals surface area contributed by atoms with Crippen LogP contribution in [0.2, 0.25) is 0 Å². The molecule has 0 saturated heterocycles. The van der Waals surface area contributed by atoms with Crippen LogP contribution in [0.25, 0.3) is 43.8 Å². The van der Waals surface area contributed by atoms with Crippen LogP contribution in [0.3, 0.4) is 0 Å². The molecular weight excluding hydrogens is 815 g/mol. The van der Waals surface area contributed by atoms with E-state index >= 15 is 0 Å². The van der Waals surface area contributed by atoms with Gasteiger partial charge in [-0.1, -0.05) is 134 Å². The molecule has 0 amide bonds. The molecule has 2 saturated carbocycles. The second-order valence-electron chi connectivity index (χ2n) is 17.2. The maximum atomic E-state index is 3.06. The predicted molar refractivity (Wildman–Crippen MR) is 252 cm³/mol. The Morgan fingerprint density at radius 2 is 0.821 bits per heavy atom. The van der Waals surface area contributed by atoms with Gasteiger partial charge in [0.05, 0.1) is 0 Å². The molecule has 2 radical (unpaired) electrons. The number of benzene rings is 4. The van der Waals surface area contributed by atoms with Crippen molar-refractivity contribution in [3.05, 3.63) is 145 Å². The maximum absolute atomic E-state index is 3.06. The summed E-state index contributed by atoms with van der Waals surface area (Å²) in [5.41, 5.74) is 14.9. The van der Waals surface area contributed by atoms with Gasteiger partial charge in [0.25, 0.3) is 0 Å². The number of hydrogen-bond acceptors (Lipinski definition) is 0. The van der Waals surface area contributed by atoms with Crippen LogP contribution in [0.1, 0.15) is 111 Å². The first kappa shape index (κ1) is 49.9. The summed E-state index contributed by atoms with van der Waals surface area (Å²) in [5.74, 6) is 0. The van der Waals surface area contributed by atoms with Crippen molar-refractivity contribution in [3.63, 3.8) is 0 Å². The van der Waals surface area contributed by atoms with Crippen molar-refractivity contribution in [2.24, 2.45) is 10.8 Å². The molecule has 0 atom stereocenters. The third-order valence-corrected chi connectivity index (χ3v) is 12.1. The Labute approximate surface area is 370 Å². The Balaban J connectivity index is 0.000000347. The molecular formula is C52H66Cl2SiZr-4. The van der Waals surface area contributed by atoms with Gasteiger partial charge in [0.15, 0.2) is 0 Å². The number of aryl methyl sites for hydroxylation is 4. The zero-order valence-corrected chi connectivity index (χ0v) is 40.6. The molecule has 2 fully saturated rings. The van der Waals surface area contributed by atoms with E-state index in [4.69, 9.17) is 0 Å². The fourth-order valence-corrected chi connectivity index (χ4v) is 9.71. The van der Waals surface area contributed by atoms with E-state index in [1.165, 1.54) is 178 Å². The summed E-state index contributed by atoms with van der Waals surface area (Å²) in [6.45, 7) is 16.8. The average molecular weight is 881 g/mol. The molecule has 6 aromatic rings. The first-order valence-corrected chi connectivity index (χ1v) is 24.0. The zero-order chi connectivity index (χ0) is 36.9. The first-order valence-electron chi connectivity index (χ1n) is 19.8. The third-order valence-electron chi connectivity index (χ3n) is 12.1. The van der Waals surface area contributed by atoms with Gasteiger partial charge in [0.1, 0.15) is 0 Å². The molecule has 56 heavy (non-hydrogen) atoms. The normalized spacial score (nSPS) is 15.3. The fourth-order valence-electron chi connectivity index (χ4n) is 9.71. The van der Waals surface area contributed by atoms with Crippen LogP contribution in [0.5, 0.6) is 0 Å². The minimum atomic E-state index is 0. The van der Waals surface area contributed by atoms with E-state index in [9.17, 15) is 0 Å². The van der Waals surface area contributed by atoms with Crippen LogP contribution in [0.4, 0.5) is 0 Å². The van der Waals surface area contributed by atoms with E-state index in [0.29, 0.717) is 10.8 Å². The molecule has 0 spiro atoms. The van der Waals surface area contributed by atoms with Gasteiger partial charge in [0, 0.05) is 0 Å². The van der Waals surface area contributed by atoms with Gasteiger partial charge < -0.3 is 14.9 Å². The van der Waals surface area contributed by atoms with Crippen molar-refractivity contribution < 1.29 is 23.3 Å². The van der Waals surface area contributed by atoms with Crippen molar-refractivity contribution in [3.8, 4) is 22.3 Å². The molecule has 0 heterocycles. The van der Waals surface area contributed by atoms with E-state index in [1.54, 1.807) is 0 Å². The van der Waals surface area contributed by atoms with Gasteiger partial charge in [-0.15, -0.1) is 93.9 Å². The van der Waals surface area contributed by atoms with Gasteiger partial charge >= 0.3 is 30.2 Å². The topological polar surface area (TPSA) is 0 Å². The molecule has 2 aliphatic rings. The standard InChI is InChI=1S/2C25H29.2CH3.2ClH.Si.Zr/c2*1-18-12-19(2)14-22(13-18)23-9-7-8-21-15-20(16-24(21)23)17-25(3)10-5-4-6-11-25;;;;;;/h2*7-9,12-16H,4-6,10-11,17H2,1-3H3;2*1H3;2*1H;;/q4*-1;;;;. The van der Waals surface area contributed by atoms with Gasteiger partial charge in [-0.2, -0.15) is 12.1 Å². The van der Waals surface area contributed by atoms with E-state index in [2.05, 4.69) is 145 Å². The summed E-state index contributed by atoms with van der Waals surface area (Å²) < 4.78 is 0. The van der Waals surface area contributed by atoms with Crippen LogP contribution in [-0.4, -0.2) is 6.88 Å². The molecule has 8 rings (SSSR count). The first-order chi connectivity index (χ1) is 25.0.